The van der Waals surface area contributed by atoms with Crippen LogP contribution in [0, 0.1) is 35.1 Å². The zero-order valence-electron chi connectivity index (χ0n) is 72.3. The van der Waals surface area contributed by atoms with Gasteiger partial charge in [-0.2, -0.15) is 33.1 Å². The molecule has 13 aromatic rings. The fraction of sp³-hybridized carbons (Fsp3) is 0.245. The first-order valence-corrected chi connectivity index (χ1v) is 40.9. The maximum atomic E-state index is 14.0. The molecule has 4 N–H and O–H groups in total. The lowest BCUT2D eigenvalue weighted by Gasteiger charge is -2.33. The molecule has 0 aliphatic carbocycles. The van der Waals surface area contributed by atoms with E-state index in [9.17, 15) is 73.9 Å². The lowest BCUT2D eigenvalue weighted by atomic mass is 10.1. The number of imide groups is 4. The minimum Gasteiger partial charge on any atom is -0.446 e. The number of likely N-dealkylation sites (tertiary alicyclic amines) is 1. The van der Waals surface area contributed by atoms with Crippen molar-refractivity contribution in [2.45, 2.75) is 125 Å². The van der Waals surface area contributed by atoms with E-state index in [2.05, 4.69) is 61.8 Å². The SMILES string of the molecule is CC(C)(C)OC(=O)N1CCC(OC(=O)NC(=O)c2cccc(-c3noc(-c4ccccc4F)n3)c2)CC1.CC(C)C(C)OC(=O)NC(=O)c1cccc(-c2noc(-c3ccccc3F)n2)c1.CC(C)CC(C)OC(=O)NC(=O)c1cccc(-c2noc(-c3ccccc3F)n2)c1.CC(OC(=O)NC(=O)c1cccc(-c2noc(-c3ccccc3F)n2)c1)c1ccc(C(F)(F)F)cc1. The van der Waals surface area contributed by atoms with Gasteiger partial charge >= 0.3 is 36.6 Å². The monoisotopic (exact) mass is 1820 g/mol. The van der Waals surface area contributed by atoms with Crippen LogP contribution in [0.3, 0.4) is 0 Å². The maximum Gasteiger partial charge on any atom is 0.416 e. The predicted molar refractivity (Wildman–Crippen MR) is 460 cm³/mol. The lowest BCUT2D eigenvalue weighted by molar-refractivity contribution is -0.137. The second-order valence-electron chi connectivity index (χ2n) is 31.2. The number of hydrogen-bond donors (Lipinski definition) is 4. The molecule has 1 fully saturated rings. The molecule has 9 amide bonds. The second kappa shape index (κ2) is 44.2. The Morgan fingerprint density at radius 3 is 1.04 bits per heavy atom. The third-order valence-electron chi connectivity index (χ3n) is 19.2. The number of nitrogens with zero attached hydrogens (tertiary/aromatic N) is 9. The van der Waals surface area contributed by atoms with Gasteiger partial charge in [-0.3, -0.25) is 40.4 Å². The molecule has 3 atom stereocenters. The van der Waals surface area contributed by atoms with Crippen LogP contribution < -0.4 is 21.3 Å². The molecule has 9 aromatic carbocycles. The Kier molecular flexibility index (Phi) is 32.4. The van der Waals surface area contributed by atoms with Gasteiger partial charge in [0, 0.05) is 70.4 Å². The molecule has 4 aromatic heterocycles. The third kappa shape index (κ3) is 27.3. The van der Waals surface area contributed by atoms with Gasteiger partial charge in [-0.1, -0.05) is 158 Å². The highest BCUT2D eigenvalue weighted by atomic mass is 19.4. The van der Waals surface area contributed by atoms with Crippen molar-refractivity contribution >= 4 is 54.1 Å². The van der Waals surface area contributed by atoms with Crippen molar-refractivity contribution in [2.24, 2.45) is 11.8 Å². The van der Waals surface area contributed by atoms with Crippen LogP contribution in [0.1, 0.15) is 147 Å². The maximum absolute atomic E-state index is 14.0. The molecule has 0 bridgehead atoms. The van der Waals surface area contributed by atoms with Crippen molar-refractivity contribution in [2.75, 3.05) is 13.1 Å². The molecule has 14 rings (SSSR count). The van der Waals surface area contributed by atoms with Gasteiger partial charge in [0.05, 0.1) is 27.8 Å². The zero-order chi connectivity index (χ0) is 95.1. The van der Waals surface area contributed by atoms with Gasteiger partial charge in [0.25, 0.3) is 47.2 Å². The van der Waals surface area contributed by atoms with E-state index in [1.165, 1.54) is 122 Å². The van der Waals surface area contributed by atoms with E-state index in [4.69, 9.17) is 41.8 Å². The predicted octanol–water partition coefficient (Wildman–Crippen LogP) is 20.3. The van der Waals surface area contributed by atoms with Gasteiger partial charge < -0.3 is 46.7 Å². The van der Waals surface area contributed by atoms with E-state index in [1.807, 2.05) is 27.7 Å². The third-order valence-corrected chi connectivity index (χ3v) is 19.2. The first-order chi connectivity index (χ1) is 62.9. The Labute approximate surface area is 749 Å². The van der Waals surface area contributed by atoms with E-state index in [0.717, 1.165) is 12.1 Å². The van der Waals surface area contributed by atoms with Gasteiger partial charge in [-0.05, 0) is 175 Å². The van der Waals surface area contributed by atoms with Gasteiger partial charge in [0.1, 0.15) is 53.3 Å². The summed E-state index contributed by atoms with van der Waals surface area (Å²) < 4.78 is 141. The molecule has 38 heteroatoms. The average molecular weight is 1820 g/mol. The van der Waals surface area contributed by atoms with Crippen LogP contribution in [-0.2, 0) is 29.9 Å². The van der Waals surface area contributed by atoms with Crippen molar-refractivity contribution in [1.82, 2.24) is 66.7 Å². The molecule has 3 unspecified atom stereocenters. The molecule has 132 heavy (non-hydrogen) atoms. The molecule has 1 aliphatic rings. The van der Waals surface area contributed by atoms with E-state index >= 15 is 0 Å². The molecule has 5 heterocycles. The van der Waals surface area contributed by atoms with Crippen LogP contribution in [-0.4, -0.2) is 137 Å². The quantitative estimate of drug-likeness (QED) is 0.0407. The highest BCUT2D eigenvalue weighted by molar-refractivity contribution is 6.06. The van der Waals surface area contributed by atoms with Crippen LogP contribution in [0.2, 0.25) is 0 Å². The summed E-state index contributed by atoms with van der Waals surface area (Å²) >= 11 is 0. The Morgan fingerprint density at radius 2 is 0.727 bits per heavy atom. The highest BCUT2D eigenvalue weighted by Crippen LogP contribution is 2.34. The van der Waals surface area contributed by atoms with Crippen LogP contribution in [0.25, 0.3) is 91.4 Å². The van der Waals surface area contributed by atoms with Crippen molar-refractivity contribution in [3.63, 3.8) is 0 Å². The first-order valence-electron chi connectivity index (χ1n) is 40.9. The topological polar surface area (TPSA) is 407 Å². The molecule has 0 radical (unpaired) electrons. The van der Waals surface area contributed by atoms with Gasteiger partial charge in [0.2, 0.25) is 23.3 Å². The average Bonchev–Trinajstić information content (AvgIpc) is 1.66. The number of carbonyl (C=O) groups is 9. The van der Waals surface area contributed by atoms with Gasteiger partial charge in [0.15, 0.2) is 0 Å². The number of aromatic nitrogens is 8. The molecule has 1 aliphatic heterocycles. The number of carbonyl (C=O) groups excluding carboxylic acids is 9. The van der Waals surface area contributed by atoms with Crippen LogP contribution >= 0.6 is 0 Å². The summed E-state index contributed by atoms with van der Waals surface area (Å²) in [6.07, 6.45) is -8.91. The number of amides is 9. The number of alkyl halides is 3. The molecule has 31 nitrogen and oxygen atoms in total. The number of piperidine rings is 1. The standard InChI is InChI=1S/C26H27FN4O6.C25H17F4N3O4.C22H22FN3O4.C21H20FN3O4/c1-26(2,3)36-25(34)31-13-11-18(12-14-31)35-24(33)29-22(32)17-8-6-7-16(15-17)21-28-23(37-30-21)19-9-4-5-10-20(19)27;1-14(15-9-11-18(12-10-15)25(27,28)29)35-24(34)31-22(33)17-6-4-5-16(13-17)21-30-23(36-32-21)19-7-2-3-8-20(19)26;1-13(2)11-14(3)29-22(28)25-20(27)16-8-6-7-15(12-16)19-24-21(30-26-19)17-9-4-5-10-18(17)23;1-12(2)13(3)28-21(27)24-19(26)15-8-6-7-14(11-15)18-23-20(29-25-18)16-9-4-5-10-17(16)22/h4-10,15,18H,11-14H2,1-3H3,(H,29,32,33);2-14H,1H3,(H,31,33,34);4-10,12-14H,11H2,1-3H3,(H,25,27,28);4-13H,1-3H3,(H,24,26,27). The first kappa shape index (κ1) is 96.7. The molecule has 1 saturated heterocycles. The molecule has 684 valence electrons. The van der Waals surface area contributed by atoms with E-state index < -0.39 is 107 Å². The van der Waals surface area contributed by atoms with Gasteiger partial charge in [-0.15, -0.1) is 0 Å². The summed E-state index contributed by atoms with van der Waals surface area (Å²) in [6.45, 7) is 19.0. The molecular formula is C94H86F7N13O18. The summed E-state index contributed by atoms with van der Waals surface area (Å²) in [7, 11) is 0. The fourth-order valence-corrected chi connectivity index (χ4v) is 12.3. The Morgan fingerprint density at radius 1 is 0.409 bits per heavy atom. The second-order valence-corrected chi connectivity index (χ2v) is 31.2. The number of nitrogens with one attached hydrogen (secondary N) is 4. The minimum absolute atomic E-state index is 0.00393. The van der Waals surface area contributed by atoms with Crippen LogP contribution in [0.5, 0.6) is 0 Å². The number of alkyl carbamates (subject to hydrolysis) is 4. The van der Waals surface area contributed by atoms with Crippen molar-refractivity contribution in [3.05, 3.63) is 275 Å². The summed E-state index contributed by atoms with van der Waals surface area (Å²) in [5.74, 6) is -3.55. The molecule has 0 saturated carbocycles. The number of benzene rings is 9. The Hall–Kier alpha value is -15.9. The zero-order valence-corrected chi connectivity index (χ0v) is 72.3. The van der Waals surface area contributed by atoms with E-state index in [-0.39, 0.29) is 109 Å². The van der Waals surface area contributed by atoms with Crippen molar-refractivity contribution < 1.29 is 116 Å². The summed E-state index contributed by atoms with van der Waals surface area (Å²) in [6, 6.07) is 53.0. The summed E-state index contributed by atoms with van der Waals surface area (Å²) in [5.41, 5.74) is 2.01. The Balaban J connectivity index is 0.000000171. The van der Waals surface area contributed by atoms with Crippen LogP contribution in [0.15, 0.2) is 236 Å². The van der Waals surface area contributed by atoms with Crippen molar-refractivity contribution in [1.29, 1.82) is 0 Å². The Bertz CT molecular complexity index is 6260. The van der Waals surface area contributed by atoms with Crippen molar-refractivity contribution in [3.8, 4) is 91.4 Å². The summed E-state index contributed by atoms with van der Waals surface area (Å²) in [4.78, 5) is 129. The number of rotatable bonds is 20. The normalized spacial score (nSPS) is 12.6. The number of halogens is 7. The molecule has 0 spiro atoms. The highest BCUT2D eigenvalue weighted by Gasteiger charge is 2.33. The van der Waals surface area contributed by atoms with Crippen LogP contribution in [0.4, 0.5) is 54.7 Å². The number of ether oxygens (including phenoxy) is 5. The van der Waals surface area contributed by atoms with E-state index in [0.29, 0.717) is 66.1 Å². The minimum atomic E-state index is -4.48. The fourth-order valence-electron chi connectivity index (χ4n) is 12.3. The smallest absolute Gasteiger partial charge is 0.416 e. The van der Waals surface area contributed by atoms with Gasteiger partial charge in [-0.25, -0.2) is 41.5 Å². The van der Waals surface area contributed by atoms with E-state index in [1.54, 1.807) is 131 Å². The number of hydrogen-bond acceptors (Lipinski definition) is 26. The lowest BCUT2D eigenvalue weighted by Crippen LogP contribution is -2.44. The molecular weight excluding hydrogens is 1730 g/mol. The largest absolute Gasteiger partial charge is 0.446 e. The summed E-state index contributed by atoms with van der Waals surface area (Å²) in [5, 5.41) is 24.0.